The zero-order chi connectivity index (χ0) is 18.0. The van der Waals surface area contributed by atoms with Crippen LogP contribution in [0.25, 0.3) is 17.0 Å². The fraction of sp³-hybridized carbons (Fsp3) is 0.250. The van der Waals surface area contributed by atoms with Crippen LogP contribution in [0.2, 0.25) is 0 Å². The number of rotatable bonds is 5. The molecule has 3 heterocycles. The highest BCUT2D eigenvalue weighted by Gasteiger charge is 2.27. The van der Waals surface area contributed by atoms with Gasteiger partial charge in [-0.15, -0.1) is 10.2 Å². The van der Waals surface area contributed by atoms with Crippen LogP contribution in [0.15, 0.2) is 41.7 Å². The van der Waals surface area contributed by atoms with Gasteiger partial charge in [0.25, 0.3) is 0 Å². The maximum Gasteiger partial charge on any atom is 0.243 e. The summed E-state index contributed by atoms with van der Waals surface area (Å²) in [5, 5.41) is 12.4. The fourth-order valence-electron chi connectivity index (χ4n) is 2.18. The number of amides is 1. The Hall–Kier alpha value is -2.81. The van der Waals surface area contributed by atoms with Gasteiger partial charge in [0.2, 0.25) is 5.91 Å². The molecule has 0 aromatic carbocycles. The third-order valence-electron chi connectivity index (χ3n) is 3.45. The van der Waals surface area contributed by atoms with E-state index in [0.29, 0.717) is 16.5 Å². The minimum absolute atomic E-state index is 0.219. The number of Topliss-reactive ketones (excluding diaryl/α,β-unsaturated/α-hetero) is 1. The number of aromatic nitrogens is 5. The zero-order valence-corrected chi connectivity index (χ0v) is 14.8. The van der Waals surface area contributed by atoms with Crippen LogP contribution in [-0.4, -0.2) is 60.7 Å². The molecule has 8 nitrogen and oxygen atoms in total. The summed E-state index contributed by atoms with van der Waals surface area (Å²) in [4.78, 5) is 29.5. The van der Waals surface area contributed by atoms with E-state index >= 15 is 0 Å². The predicted octanol–water partition coefficient (Wildman–Crippen LogP) is 1.32. The van der Waals surface area contributed by atoms with Gasteiger partial charge in [-0.3, -0.25) is 14.6 Å². The van der Waals surface area contributed by atoms with E-state index in [1.807, 2.05) is 12.1 Å². The van der Waals surface area contributed by atoms with E-state index in [2.05, 4.69) is 20.3 Å². The van der Waals surface area contributed by atoms with Crippen LogP contribution in [0.4, 0.5) is 0 Å². The summed E-state index contributed by atoms with van der Waals surface area (Å²) >= 11 is 1.11. The van der Waals surface area contributed by atoms with Gasteiger partial charge < -0.3 is 4.90 Å². The first-order valence-electron chi connectivity index (χ1n) is 7.48. The molecule has 3 aromatic heterocycles. The number of pyridine rings is 1. The predicted molar refractivity (Wildman–Crippen MR) is 93.0 cm³/mol. The summed E-state index contributed by atoms with van der Waals surface area (Å²) in [6.07, 6.45) is 3.33. The van der Waals surface area contributed by atoms with Gasteiger partial charge >= 0.3 is 0 Å². The Kier molecular flexibility index (Phi) is 4.75. The first-order chi connectivity index (χ1) is 12.0. The standard InChI is InChI=1S/C16H16N6O2S/c1-10(23)14(16(24)21(2)3)25-13-5-4-12-18-19-15(22(12)20-13)11-6-8-17-9-7-11/h4-9,14H,1-3H3. The topological polar surface area (TPSA) is 93.4 Å². The second-order valence-corrected chi connectivity index (χ2v) is 6.67. The number of ketones is 1. The third kappa shape index (κ3) is 3.50. The van der Waals surface area contributed by atoms with Gasteiger partial charge in [-0.2, -0.15) is 9.61 Å². The van der Waals surface area contributed by atoms with Crippen LogP contribution in [0, 0.1) is 0 Å². The second-order valence-electron chi connectivity index (χ2n) is 5.54. The number of hydrogen-bond donors (Lipinski definition) is 0. The van der Waals surface area contributed by atoms with Gasteiger partial charge in [0.05, 0.1) is 0 Å². The molecule has 0 bridgehead atoms. The van der Waals surface area contributed by atoms with Crippen molar-refractivity contribution in [2.24, 2.45) is 0 Å². The molecule has 1 atom stereocenters. The highest BCUT2D eigenvalue weighted by molar-refractivity contribution is 8.01. The molecule has 0 radical (unpaired) electrons. The van der Waals surface area contributed by atoms with E-state index in [1.165, 1.54) is 11.8 Å². The van der Waals surface area contributed by atoms with Crippen LogP contribution in [0.1, 0.15) is 6.92 Å². The van der Waals surface area contributed by atoms with E-state index in [1.54, 1.807) is 43.1 Å². The number of carbonyl (C=O) groups excluding carboxylic acids is 2. The molecule has 0 N–H and O–H groups in total. The summed E-state index contributed by atoms with van der Waals surface area (Å²) in [6, 6.07) is 7.10. The Labute approximate surface area is 148 Å². The monoisotopic (exact) mass is 356 g/mol. The molecular weight excluding hydrogens is 340 g/mol. The molecule has 0 saturated carbocycles. The van der Waals surface area contributed by atoms with Crippen molar-refractivity contribution >= 4 is 29.1 Å². The smallest absolute Gasteiger partial charge is 0.243 e. The molecule has 1 amide bonds. The lowest BCUT2D eigenvalue weighted by atomic mass is 10.2. The van der Waals surface area contributed by atoms with Crippen molar-refractivity contribution in [2.75, 3.05) is 14.1 Å². The normalized spacial score (nSPS) is 12.1. The van der Waals surface area contributed by atoms with Crippen LogP contribution in [0.3, 0.4) is 0 Å². The molecule has 3 rings (SSSR count). The molecule has 0 saturated heterocycles. The average Bonchev–Trinajstić information content (AvgIpc) is 3.02. The van der Waals surface area contributed by atoms with E-state index in [9.17, 15) is 9.59 Å². The van der Waals surface area contributed by atoms with Crippen LogP contribution >= 0.6 is 11.8 Å². The van der Waals surface area contributed by atoms with Crippen LogP contribution in [-0.2, 0) is 9.59 Å². The second kappa shape index (κ2) is 6.98. The molecule has 9 heteroatoms. The molecular formula is C16H16N6O2S. The van der Waals surface area contributed by atoms with Crippen molar-refractivity contribution in [3.8, 4) is 11.4 Å². The fourth-order valence-corrected chi connectivity index (χ4v) is 3.17. The third-order valence-corrected chi connectivity index (χ3v) is 4.68. The Bertz CT molecular complexity index is 925. The minimum atomic E-state index is -0.833. The molecule has 0 aliphatic carbocycles. The van der Waals surface area contributed by atoms with Crippen molar-refractivity contribution < 1.29 is 9.59 Å². The number of fused-ring (bicyclic) bond motifs is 1. The summed E-state index contributed by atoms with van der Waals surface area (Å²) in [5.41, 5.74) is 1.40. The maximum absolute atomic E-state index is 12.2. The van der Waals surface area contributed by atoms with Gasteiger partial charge in [0.15, 0.2) is 17.3 Å². The Morgan fingerprint density at radius 1 is 1.12 bits per heavy atom. The lowest BCUT2D eigenvalue weighted by Gasteiger charge is -2.17. The summed E-state index contributed by atoms with van der Waals surface area (Å²) in [5.74, 6) is 0.0828. The van der Waals surface area contributed by atoms with E-state index in [4.69, 9.17) is 0 Å². The van der Waals surface area contributed by atoms with E-state index in [0.717, 1.165) is 17.3 Å². The average molecular weight is 356 g/mol. The first-order valence-corrected chi connectivity index (χ1v) is 8.36. The largest absolute Gasteiger partial charge is 0.347 e. The number of carbonyl (C=O) groups is 2. The van der Waals surface area contributed by atoms with Gasteiger partial charge in [-0.1, -0.05) is 11.8 Å². The number of nitrogens with zero attached hydrogens (tertiary/aromatic N) is 6. The minimum Gasteiger partial charge on any atom is -0.347 e. The van der Waals surface area contributed by atoms with Gasteiger partial charge in [-0.25, -0.2) is 0 Å². The lowest BCUT2D eigenvalue weighted by Crippen LogP contribution is -2.36. The van der Waals surface area contributed by atoms with Crippen molar-refractivity contribution in [2.45, 2.75) is 17.2 Å². The van der Waals surface area contributed by atoms with Gasteiger partial charge in [0, 0.05) is 32.1 Å². The molecule has 128 valence electrons. The molecule has 0 spiro atoms. The summed E-state index contributed by atoms with van der Waals surface area (Å²) in [7, 11) is 3.24. The quantitative estimate of drug-likeness (QED) is 0.503. The SMILES string of the molecule is CC(=O)C(Sc1ccc2nnc(-c3ccncc3)n2n1)C(=O)N(C)C. The van der Waals surface area contributed by atoms with Gasteiger partial charge in [0.1, 0.15) is 10.3 Å². The molecule has 1 unspecified atom stereocenters. The van der Waals surface area contributed by atoms with E-state index in [-0.39, 0.29) is 11.7 Å². The Balaban J connectivity index is 1.98. The number of hydrogen-bond acceptors (Lipinski definition) is 7. The molecule has 25 heavy (non-hydrogen) atoms. The number of thioether (sulfide) groups is 1. The van der Waals surface area contributed by atoms with Gasteiger partial charge in [-0.05, 0) is 31.2 Å². The van der Waals surface area contributed by atoms with Crippen molar-refractivity contribution in [3.63, 3.8) is 0 Å². The Morgan fingerprint density at radius 3 is 2.48 bits per heavy atom. The van der Waals surface area contributed by atoms with Crippen LogP contribution < -0.4 is 0 Å². The maximum atomic E-state index is 12.2. The molecule has 0 aliphatic rings. The molecule has 3 aromatic rings. The molecule has 0 fully saturated rings. The van der Waals surface area contributed by atoms with E-state index < -0.39 is 5.25 Å². The highest BCUT2D eigenvalue weighted by atomic mass is 32.2. The zero-order valence-electron chi connectivity index (χ0n) is 13.9. The highest BCUT2D eigenvalue weighted by Crippen LogP contribution is 2.25. The van der Waals surface area contributed by atoms with Crippen molar-refractivity contribution in [1.29, 1.82) is 0 Å². The van der Waals surface area contributed by atoms with Crippen molar-refractivity contribution in [1.82, 2.24) is 29.7 Å². The summed E-state index contributed by atoms with van der Waals surface area (Å²) < 4.78 is 1.59. The lowest BCUT2D eigenvalue weighted by molar-refractivity contribution is -0.132. The van der Waals surface area contributed by atoms with Crippen molar-refractivity contribution in [3.05, 3.63) is 36.7 Å². The first kappa shape index (κ1) is 17.0. The summed E-state index contributed by atoms with van der Waals surface area (Å²) in [6.45, 7) is 1.40. The van der Waals surface area contributed by atoms with Crippen LogP contribution in [0.5, 0.6) is 0 Å². The Morgan fingerprint density at radius 2 is 1.84 bits per heavy atom. The molecule has 0 aliphatic heterocycles.